The van der Waals surface area contributed by atoms with E-state index in [1.807, 2.05) is 6.92 Å². The summed E-state index contributed by atoms with van der Waals surface area (Å²) in [5.41, 5.74) is 0.212. The van der Waals surface area contributed by atoms with Crippen molar-refractivity contribution in [2.24, 2.45) is 5.92 Å². The van der Waals surface area contributed by atoms with E-state index in [2.05, 4.69) is 9.72 Å². The van der Waals surface area contributed by atoms with E-state index < -0.39 is 29.6 Å². The molecule has 0 bridgehead atoms. The van der Waals surface area contributed by atoms with Crippen LogP contribution < -0.4 is 14.5 Å². The number of anilines is 2. The minimum Gasteiger partial charge on any atom is -0.406 e. The van der Waals surface area contributed by atoms with Crippen LogP contribution in [0.5, 0.6) is 5.75 Å². The highest BCUT2D eigenvalue weighted by Crippen LogP contribution is 2.56. The largest absolute Gasteiger partial charge is 0.573 e. The van der Waals surface area contributed by atoms with E-state index in [1.54, 1.807) is 30.5 Å². The van der Waals surface area contributed by atoms with Gasteiger partial charge in [0.05, 0.1) is 16.9 Å². The summed E-state index contributed by atoms with van der Waals surface area (Å²) in [6, 6.07) is 10.8. The van der Waals surface area contributed by atoms with E-state index in [0.29, 0.717) is 28.0 Å². The van der Waals surface area contributed by atoms with Gasteiger partial charge in [0.15, 0.2) is 0 Å². The van der Waals surface area contributed by atoms with Crippen LogP contribution >= 0.6 is 11.6 Å². The molecule has 2 fully saturated rings. The summed E-state index contributed by atoms with van der Waals surface area (Å²) in [6.07, 6.45) is -2.82. The van der Waals surface area contributed by atoms with Crippen LogP contribution in [0.4, 0.5) is 29.3 Å². The number of aromatic nitrogens is 1. The maximum Gasteiger partial charge on any atom is 0.573 e. The highest BCUT2D eigenvalue weighted by Gasteiger charge is 2.70. The van der Waals surface area contributed by atoms with Crippen molar-refractivity contribution < 1.29 is 27.5 Å². The number of carbonyl (C=O) groups is 2. The summed E-state index contributed by atoms with van der Waals surface area (Å²) in [4.78, 5) is 33.7. The van der Waals surface area contributed by atoms with Crippen molar-refractivity contribution in [1.82, 2.24) is 4.98 Å². The first-order valence-corrected chi connectivity index (χ1v) is 10.1. The van der Waals surface area contributed by atoms with Gasteiger partial charge >= 0.3 is 12.4 Å². The van der Waals surface area contributed by atoms with Crippen LogP contribution in [0.1, 0.15) is 13.3 Å². The molecule has 2 aliphatic rings. The number of fused-ring (bicyclic) bond motifs is 1. The Morgan fingerprint density at radius 3 is 2.44 bits per heavy atom. The molecule has 1 saturated carbocycles. The summed E-state index contributed by atoms with van der Waals surface area (Å²) in [7, 11) is 0. The normalized spacial score (nSPS) is 22.8. The number of benzene rings is 2. The van der Waals surface area contributed by atoms with Crippen LogP contribution in [0.15, 0.2) is 54.7 Å². The Morgan fingerprint density at radius 1 is 1.12 bits per heavy atom. The predicted molar refractivity (Wildman–Crippen MR) is 112 cm³/mol. The Hall–Kier alpha value is -3.33. The number of amides is 3. The Morgan fingerprint density at radius 2 is 1.81 bits per heavy atom. The fourth-order valence-corrected chi connectivity index (χ4v) is 4.48. The van der Waals surface area contributed by atoms with Gasteiger partial charge in [-0.15, -0.1) is 13.2 Å². The smallest absolute Gasteiger partial charge is 0.406 e. The number of carbonyl (C=O) groups excluding carboxylic acids is 2. The summed E-state index contributed by atoms with van der Waals surface area (Å²) >= 11 is 6.16. The number of hydrogen-bond donors (Lipinski definition) is 0. The van der Waals surface area contributed by atoms with Gasteiger partial charge in [-0.3, -0.25) is 14.7 Å². The van der Waals surface area contributed by atoms with E-state index in [9.17, 15) is 22.8 Å². The first-order valence-electron chi connectivity index (χ1n) is 9.71. The first-order chi connectivity index (χ1) is 15.1. The SMILES string of the molecule is CC1CC12C(=O)N(c1ccc(OC(F)(F)F)cc1)C(=O)N2c1ccnc2ccc(Cl)cc12. The molecule has 0 N–H and O–H groups in total. The standard InChI is InChI=1S/C22H15ClF3N3O3/c1-12-11-21(12)19(30)28(14-3-5-15(6-4-14)32-22(24,25)26)20(31)29(21)18-8-9-27-17-7-2-13(23)10-16(17)18/h2-10,12H,11H2,1H3. The second kappa shape index (κ2) is 6.83. The summed E-state index contributed by atoms with van der Waals surface area (Å²) in [6.45, 7) is 1.87. The molecule has 2 unspecified atom stereocenters. The van der Waals surface area contributed by atoms with Gasteiger partial charge in [-0.05, 0) is 60.9 Å². The Kier molecular flexibility index (Phi) is 4.39. The van der Waals surface area contributed by atoms with Gasteiger partial charge in [-0.25, -0.2) is 9.69 Å². The lowest BCUT2D eigenvalue weighted by atomic mass is 10.1. The highest BCUT2D eigenvalue weighted by molar-refractivity contribution is 6.34. The number of alkyl halides is 3. The van der Waals surface area contributed by atoms with Crippen molar-refractivity contribution >= 4 is 45.8 Å². The molecule has 10 heteroatoms. The maximum absolute atomic E-state index is 13.5. The van der Waals surface area contributed by atoms with E-state index in [4.69, 9.17) is 11.6 Å². The van der Waals surface area contributed by atoms with Crippen molar-refractivity contribution in [3.8, 4) is 5.75 Å². The van der Waals surface area contributed by atoms with E-state index in [1.165, 1.54) is 17.0 Å². The fourth-order valence-electron chi connectivity index (χ4n) is 4.31. The Bertz CT molecular complexity index is 1260. The van der Waals surface area contributed by atoms with Gasteiger partial charge in [0.25, 0.3) is 5.91 Å². The molecule has 0 radical (unpaired) electrons. The number of pyridine rings is 1. The topological polar surface area (TPSA) is 62.7 Å². The third-order valence-electron chi connectivity index (χ3n) is 5.88. The zero-order chi connectivity index (χ0) is 22.8. The lowest BCUT2D eigenvalue weighted by molar-refractivity contribution is -0.274. The molecule has 1 aliphatic carbocycles. The van der Waals surface area contributed by atoms with Crippen LogP contribution in [-0.4, -0.2) is 28.8 Å². The molecule has 2 heterocycles. The summed E-state index contributed by atoms with van der Waals surface area (Å²) in [5, 5.41) is 1.08. The molecule has 3 aromatic rings. The monoisotopic (exact) mass is 461 g/mol. The van der Waals surface area contributed by atoms with Crippen LogP contribution in [0.25, 0.3) is 10.9 Å². The molecule has 5 rings (SSSR count). The van der Waals surface area contributed by atoms with Crippen LogP contribution in [0.2, 0.25) is 5.02 Å². The Balaban J connectivity index is 1.58. The minimum atomic E-state index is -4.84. The maximum atomic E-state index is 13.5. The van der Waals surface area contributed by atoms with Crippen molar-refractivity contribution in [1.29, 1.82) is 0 Å². The molecule has 3 amide bonds. The van der Waals surface area contributed by atoms with E-state index >= 15 is 0 Å². The van der Waals surface area contributed by atoms with Crippen molar-refractivity contribution in [3.05, 3.63) is 59.8 Å². The van der Waals surface area contributed by atoms with Crippen LogP contribution in [-0.2, 0) is 4.79 Å². The van der Waals surface area contributed by atoms with Gasteiger partial charge < -0.3 is 4.74 Å². The number of imide groups is 1. The van der Waals surface area contributed by atoms with Crippen LogP contribution in [0.3, 0.4) is 0 Å². The van der Waals surface area contributed by atoms with E-state index in [-0.39, 0.29) is 11.6 Å². The van der Waals surface area contributed by atoms with Crippen molar-refractivity contribution in [2.45, 2.75) is 25.2 Å². The first kappa shape index (κ1) is 20.6. The molecular weight excluding hydrogens is 447 g/mol. The number of nitrogens with zero attached hydrogens (tertiary/aromatic N) is 3. The fraction of sp³-hybridized carbons (Fsp3) is 0.227. The van der Waals surface area contributed by atoms with E-state index in [0.717, 1.165) is 17.0 Å². The zero-order valence-electron chi connectivity index (χ0n) is 16.6. The molecular formula is C22H15ClF3N3O3. The summed E-state index contributed by atoms with van der Waals surface area (Å²) in [5.74, 6) is -0.966. The van der Waals surface area contributed by atoms with Crippen molar-refractivity contribution in [3.63, 3.8) is 0 Å². The molecule has 1 aromatic heterocycles. The average Bonchev–Trinajstić information content (AvgIpc) is 3.34. The molecule has 164 valence electrons. The number of halogens is 4. The number of rotatable bonds is 3. The lowest BCUT2D eigenvalue weighted by Crippen LogP contribution is -2.39. The third-order valence-corrected chi connectivity index (χ3v) is 6.11. The molecule has 1 aliphatic heterocycles. The Labute approximate surface area is 185 Å². The lowest BCUT2D eigenvalue weighted by Gasteiger charge is -2.23. The second-order valence-corrected chi connectivity index (χ2v) is 8.26. The molecule has 32 heavy (non-hydrogen) atoms. The third kappa shape index (κ3) is 3.07. The minimum absolute atomic E-state index is 0.0980. The quantitative estimate of drug-likeness (QED) is 0.480. The molecule has 2 aromatic carbocycles. The number of urea groups is 1. The second-order valence-electron chi connectivity index (χ2n) is 7.82. The van der Waals surface area contributed by atoms with Gasteiger partial charge in [-0.1, -0.05) is 18.5 Å². The van der Waals surface area contributed by atoms with Gasteiger partial charge in [0.1, 0.15) is 11.3 Å². The number of hydrogen-bond acceptors (Lipinski definition) is 4. The highest BCUT2D eigenvalue weighted by atomic mass is 35.5. The summed E-state index contributed by atoms with van der Waals surface area (Å²) < 4.78 is 41.2. The van der Waals surface area contributed by atoms with Crippen molar-refractivity contribution in [2.75, 3.05) is 9.80 Å². The van der Waals surface area contributed by atoms with Gasteiger partial charge in [0.2, 0.25) is 0 Å². The molecule has 1 saturated heterocycles. The van der Waals surface area contributed by atoms with Gasteiger partial charge in [0, 0.05) is 16.6 Å². The van der Waals surface area contributed by atoms with Gasteiger partial charge in [-0.2, -0.15) is 0 Å². The number of ether oxygens (including phenoxy) is 1. The molecule has 6 nitrogen and oxygen atoms in total. The predicted octanol–water partition coefficient (Wildman–Crippen LogP) is 5.54. The average molecular weight is 462 g/mol. The molecule has 1 spiro atoms. The molecule has 2 atom stereocenters. The zero-order valence-corrected chi connectivity index (χ0v) is 17.3. The van der Waals surface area contributed by atoms with Crippen LogP contribution in [0, 0.1) is 5.92 Å².